The molecule has 0 aromatic carbocycles. The van der Waals surface area contributed by atoms with Crippen LogP contribution in [0.4, 0.5) is 0 Å². The molecule has 0 aliphatic carbocycles. The van der Waals surface area contributed by atoms with E-state index in [4.69, 9.17) is 10.2 Å². The van der Waals surface area contributed by atoms with Gasteiger partial charge in [0.1, 0.15) is 0 Å². The summed E-state index contributed by atoms with van der Waals surface area (Å²) in [5.41, 5.74) is 7.29. The van der Waals surface area contributed by atoms with Gasteiger partial charge in [0.05, 0.1) is 12.5 Å². The lowest BCUT2D eigenvalue weighted by Crippen LogP contribution is -2.45. The van der Waals surface area contributed by atoms with Gasteiger partial charge in [0, 0.05) is 35.7 Å². The maximum absolute atomic E-state index is 6.19. The summed E-state index contributed by atoms with van der Waals surface area (Å²) in [5, 5.41) is 0. The van der Waals surface area contributed by atoms with Crippen LogP contribution in [0.15, 0.2) is 23.0 Å². The average molecular weight is 212 g/mol. The van der Waals surface area contributed by atoms with Crippen molar-refractivity contribution in [2.75, 3.05) is 25.1 Å². The third kappa shape index (κ3) is 1.97. The molecule has 14 heavy (non-hydrogen) atoms. The van der Waals surface area contributed by atoms with Crippen LogP contribution in [0.5, 0.6) is 0 Å². The second kappa shape index (κ2) is 4.38. The first-order chi connectivity index (χ1) is 6.79. The number of thioether (sulfide) groups is 1. The molecule has 2 N–H and O–H groups in total. The summed E-state index contributed by atoms with van der Waals surface area (Å²) in [6.45, 7) is 1.13. The van der Waals surface area contributed by atoms with Gasteiger partial charge < -0.3 is 10.2 Å². The smallest absolute Gasteiger partial charge is 0.0950 e. The van der Waals surface area contributed by atoms with Gasteiger partial charge in [-0.1, -0.05) is 0 Å². The number of likely N-dealkylation sites (N-methyl/N-ethyl adjacent to an activating group) is 1. The number of furan rings is 1. The van der Waals surface area contributed by atoms with Crippen LogP contribution in [-0.2, 0) is 0 Å². The molecule has 1 aromatic heterocycles. The molecule has 1 saturated heterocycles. The second-order valence-corrected chi connectivity index (χ2v) is 4.86. The van der Waals surface area contributed by atoms with E-state index in [1.54, 1.807) is 12.5 Å². The zero-order chi connectivity index (χ0) is 9.97. The lowest BCUT2D eigenvalue weighted by atomic mass is 10.0. The van der Waals surface area contributed by atoms with Crippen LogP contribution >= 0.6 is 11.8 Å². The zero-order valence-corrected chi connectivity index (χ0v) is 9.17. The Morgan fingerprint density at radius 2 is 2.57 bits per heavy atom. The van der Waals surface area contributed by atoms with E-state index < -0.39 is 0 Å². The lowest BCUT2D eigenvalue weighted by Gasteiger charge is -2.35. The third-order valence-electron chi connectivity index (χ3n) is 2.79. The van der Waals surface area contributed by atoms with Crippen molar-refractivity contribution in [3.05, 3.63) is 24.2 Å². The molecule has 2 rings (SSSR count). The SMILES string of the molecule is CN1CCSCC1C(N)c1ccoc1. The molecule has 4 heteroatoms. The summed E-state index contributed by atoms with van der Waals surface area (Å²) in [6, 6.07) is 2.47. The highest BCUT2D eigenvalue weighted by Gasteiger charge is 2.26. The first-order valence-electron chi connectivity index (χ1n) is 4.84. The molecule has 2 unspecified atom stereocenters. The molecule has 1 aromatic rings. The second-order valence-electron chi connectivity index (χ2n) is 3.71. The molecule has 0 bridgehead atoms. The minimum atomic E-state index is 0.0755. The van der Waals surface area contributed by atoms with Gasteiger partial charge in [0.2, 0.25) is 0 Å². The van der Waals surface area contributed by atoms with Crippen molar-refractivity contribution in [3.63, 3.8) is 0 Å². The molecule has 1 fully saturated rings. The first-order valence-corrected chi connectivity index (χ1v) is 6.00. The van der Waals surface area contributed by atoms with Gasteiger partial charge >= 0.3 is 0 Å². The normalized spacial score (nSPS) is 26.3. The fourth-order valence-electron chi connectivity index (χ4n) is 1.77. The summed E-state index contributed by atoms with van der Waals surface area (Å²) < 4.78 is 5.06. The van der Waals surface area contributed by atoms with E-state index >= 15 is 0 Å². The fourth-order valence-corrected chi connectivity index (χ4v) is 3.06. The molecule has 0 radical (unpaired) electrons. The molecule has 2 heterocycles. The van der Waals surface area contributed by atoms with Crippen LogP contribution < -0.4 is 5.73 Å². The molecule has 78 valence electrons. The largest absolute Gasteiger partial charge is 0.472 e. The predicted octanol–water partition coefficient (Wildman–Crippen LogP) is 1.33. The van der Waals surface area contributed by atoms with Crippen molar-refractivity contribution in [1.29, 1.82) is 0 Å². The summed E-state index contributed by atoms with van der Waals surface area (Å²) in [7, 11) is 2.14. The van der Waals surface area contributed by atoms with Crippen LogP contribution in [0.25, 0.3) is 0 Å². The Kier molecular flexibility index (Phi) is 3.15. The van der Waals surface area contributed by atoms with E-state index in [-0.39, 0.29) is 6.04 Å². The minimum absolute atomic E-state index is 0.0755. The van der Waals surface area contributed by atoms with Crippen LogP contribution in [0, 0.1) is 0 Å². The summed E-state index contributed by atoms with van der Waals surface area (Å²) in [6.07, 6.45) is 3.43. The van der Waals surface area contributed by atoms with E-state index in [9.17, 15) is 0 Å². The van der Waals surface area contributed by atoms with E-state index in [2.05, 4.69) is 11.9 Å². The number of hydrogen-bond donors (Lipinski definition) is 1. The van der Waals surface area contributed by atoms with Gasteiger partial charge in [-0.2, -0.15) is 11.8 Å². The zero-order valence-electron chi connectivity index (χ0n) is 8.35. The highest BCUT2D eigenvalue weighted by atomic mass is 32.2. The van der Waals surface area contributed by atoms with Gasteiger partial charge in [-0.05, 0) is 13.1 Å². The lowest BCUT2D eigenvalue weighted by molar-refractivity contribution is 0.237. The molecule has 2 atom stereocenters. The van der Waals surface area contributed by atoms with Crippen LogP contribution in [0.1, 0.15) is 11.6 Å². The maximum Gasteiger partial charge on any atom is 0.0950 e. The number of nitrogens with zero attached hydrogens (tertiary/aromatic N) is 1. The Morgan fingerprint density at radius 1 is 1.71 bits per heavy atom. The van der Waals surface area contributed by atoms with Crippen molar-refractivity contribution in [1.82, 2.24) is 4.90 Å². The van der Waals surface area contributed by atoms with Gasteiger partial charge in [-0.3, -0.25) is 4.90 Å². The van der Waals surface area contributed by atoms with Crippen molar-refractivity contribution in [2.24, 2.45) is 5.73 Å². The van der Waals surface area contributed by atoms with E-state index in [1.807, 2.05) is 17.8 Å². The molecule has 0 saturated carbocycles. The summed E-state index contributed by atoms with van der Waals surface area (Å²) >= 11 is 1.98. The van der Waals surface area contributed by atoms with E-state index in [0.717, 1.165) is 17.9 Å². The summed E-state index contributed by atoms with van der Waals surface area (Å²) in [4.78, 5) is 2.34. The Bertz CT molecular complexity index is 276. The van der Waals surface area contributed by atoms with Crippen molar-refractivity contribution in [3.8, 4) is 0 Å². The highest BCUT2D eigenvalue weighted by molar-refractivity contribution is 7.99. The van der Waals surface area contributed by atoms with Crippen LogP contribution in [0.3, 0.4) is 0 Å². The van der Waals surface area contributed by atoms with E-state index in [0.29, 0.717) is 6.04 Å². The van der Waals surface area contributed by atoms with Gasteiger partial charge in [-0.25, -0.2) is 0 Å². The Labute approximate surface area is 88.6 Å². The van der Waals surface area contributed by atoms with Gasteiger partial charge in [0.15, 0.2) is 0 Å². The fraction of sp³-hybridized carbons (Fsp3) is 0.600. The van der Waals surface area contributed by atoms with E-state index in [1.165, 1.54) is 5.75 Å². The minimum Gasteiger partial charge on any atom is -0.472 e. The van der Waals surface area contributed by atoms with Crippen LogP contribution in [0.2, 0.25) is 0 Å². The Morgan fingerprint density at radius 3 is 3.21 bits per heavy atom. The standard InChI is InChI=1S/C10H16N2OS/c1-12-3-5-14-7-9(12)10(11)8-2-4-13-6-8/h2,4,6,9-10H,3,5,7,11H2,1H3. The Hall–Kier alpha value is -0.450. The van der Waals surface area contributed by atoms with Gasteiger partial charge in [-0.15, -0.1) is 0 Å². The molecule has 0 amide bonds. The topological polar surface area (TPSA) is 42.4 Å². The maximum atomic E-state index is 6.19. The predicted molar refractivity (Wildman–Crippen MR) is 59.4 cm³/mol. The van der Waals surface area contributed by atoms with Crippen molar-refractivity contribution >= 4 is 11.8 Å². The number of rotatable bonds is 2. The molecule has 0 spiro atoms. The molecule has 3 nitrogen and oxygen atoms in total. The molecule has 1 aliphatic heterocycles. The third-order valence-corrected chi connectivity index (χ3v) is 3.83. The number of nitrogens with two attached hydrogens (primary N) is 1. The highest BCUT2D eigenvalue weighted by Crippen LogP contribution is 2.24. The average Bonchev–Trinajstić information content (AvgIpc) is 2.70. The van der Waals surface area contributed by atoms with Gasteiger partial charge in [0.25, 0.3) is 0 Å². The molecule has 1 aliphatic rings. The monoisotopic (exact) mass is 212 g/mol. The Balaban J connectivity index is 2.06. The molecular formula is C10H16N2OS. The van der Waals surface area contributed by atoms with Crippen molar-refractivity contribution in [2.45, 2.75) is 12.1 Å². The molecular weight excluding hydrogens is 196 g/mol. The van der Waals surface area contributed by atoms with Crippen molar-refractivity contribution < 1.29 is 4.42 Å². The van der Waals surface area contributed by atoms with Crippen LogP contribution in [-0.4, -0.2) is 36.0 Å². The first kappa shape index (κ1) is 10.1. The quantitative estimate of drug-likeness (QED) is 0.803. The number of hydrogen-bond acceptors (Lipinski definition) is 4. The summed E-state index contributed by atoms with van der Waals surface area (Å²) in [5.74, 6) is 2.33.